The quantitative estimate of drug-likeness (QED) is 0.619. The van der Waals surface area contributed by atoms with E-state index in [4.69, 9.17) is 0 Å². The van der Waals surface area contributed by atoms with Crippen molar-refractivity contribution in [2.45, 2.75) is 20.4 Å². The van der Waals surface area contributed by atoms with E-state index in [1.807, 2.05) is 16.3 Å². The summed E-state index contributed by atoms with van der Waals surface area (Å²) in [6.07, 6.45) is 0. The first-order chi connectivity index (χ1) is 11.9. The molecule has 25 heavy (non-hydrogen) atoms. The number of carbonyl (C=O) groups is 1. The monoisotopic (exact) mass is 360 g/mol. The molecular weight excluding hydrogens is 340 g/mol. The van der Waals surface area contributed by atoms with Gasteiger partial charge < -0.3 is 4.90 Å². The highest BCUT2D eigenvalue weighted by Crippen LogP contribution is 2.28. The molecule has 0 N–H and O–H groups in total. The van der Waals surface area contributed by atoms with E-state index >= 15 is 0 Å². The topological polar surface area (TPSA) is 79.6 Å². The fraction of sp³-hybridized carbons (Fsp3) is 0.412. The van der Waals surface area contributed by atoms with Gasteiger partial charge in [0.05, 0.1) is 17.2 Å². The number of thiazole rings is 1. The summed E-state index contributed by atoms with van der Waals surface area (Å²) in [5, 5.41) is 14.0. The van der Waals surface area contributed by atoms with E-state index in [1.54, 1.807) is 37.3 Å². The van der Waals surface area contributed by atoms with E-state index in [9.17, 15) is 14.9 Å². The van der Waals surface area contributed by atoms with Crippen LogP contribution in [-0.4, -0.2) is 51.8 Å². The van der Waals surface area contributed by atoms with Gasteiger partial charge in [0.2, 0.25) is 5.91 Å². The van der Waals surface area contributed by atoms with Gasteiger partial charge in [-0.05, 0) is 6.92 Å². The first-order valence-corrected chi connectivity index (χ1v) is 8.99. The van der Waals surface area contributed by atoms with Gasteiger partial charge in [-0.3, -0.25) is 19.8 Å². The van der Waals surface area contributed by atoms with Gasteiger partial charge in [-0.25, -0.2) is 4.98 Å². The van der Waals surface area contributed by atoms with Crippen molar-refractivity contribution >= 4 is 22.9 Å². The molecule has 8 heteroatoms. The summed E-state index contributed by atoms with van der Waals surface area (Å²) in [7, 11) is 0. The van der Waals surface area contributed by atoms with E-state index in [0.29, 0.717) is 5.56 Å². The molecule has 0 spiro atoms. The van der Waals surface area contributed by atoms with E-state index in [1.165, 1.54) is 0 Å². The van der Waals surface area contributed by atoms with Crippen molar-refractivity contribution in [2.24, 2.45) is 0 Å². The van der Waals surface area contributed by atoms with Crippen molar-refractivity contribution in [3.05, 3.63) is 44.3 Å². The number of hydrogen-bond acceptors (Lipinski definition) is 6. The molecule has 3 rings (SSSR count). The zero-order valence-electron chi connectivity index (χ0n) is 14.3. The van der Waals surface area contributed by atoms with Gasteiger partial charge in [0.1, 0.15) is 5.01 Å². The number of aryl methyl sites for hydroxylation is 1. The maximum atomic E-state index is 11.4. The summed E-state index contributed by atoms with van der Waals surface area (Å²) in [6.45, 7) is 7.24. The molecule has 0 aliphatic carbocycles. The molecule has 2 heterocycles. The van der Waals surface area contributed by atoms with Gasteiger partial charge in [0.25, 0.3) is 5.69 Å². The standard InChI is InChI=1S/C17H20N4O3S/c1-12-3-4-14(9-16(12)21(23)24)15-11-25-17(18-15)10-19-5-7-20(8-6-19)13(2)22/h3-4,9,11H,5-8,10H2,1-2H3. The average molecular weight is 360 g/mol. The third kappa shape index (κ3) is 4.02. The molecule has 0 bridgehead atoms. The second-order valence-electron chi connectivity index (χ2n) is 6.17. The van der Waals surface area contributed by atoms with Crippen molar-refractivity contribution in [3.63, 3.8) is 0 Å². The largest absolute Gasteiger partial charge is 0.340 e. The molecule has 132 valence electrons. The molecule has 0 saturated carbocycles. The Morgan fingerprint density at radius 1 is 1.32 bits per heavy atom. The minimum absolute atomic E-state index is 0.118. The van der Waals surface area contributed by atoms with Crippen LogP contribution in [0.1, 0.15) is 17.5 Å². The number of nitro groups is 1. The molecule has 1 amide bonds. The average Bonchev–Trinajstić information content (AvgIpc) is 3.04. The molecule has 1 saturated heterocycles. The van der Waals surface area contributed by atoms with Gasteiger partial charge >= 0.3 is 0 Å². The van der Waals surface area contributed by atoms with Crippen LogP contribution in [0.3, 0.4) is 0 Å². The first-order valence-electron chi connectivity index (χ1n) is 8.11. The van der Waals surface area contributed by atoms with E-state index in [0.717, 1.165) is 49.0 Å². The van der Waals surface area contributed by atoms with Gasteiger partial charge in [-0.1, -0.05) is 12.1 Å². The number of carbonyl (C=O) groups excluding carboxylic acids is 1. The van der Waals surface area contributed by atoms with Crippen LogP contribution in [0.5, 0.6) is 0 Å². The maximum Gasteiger partial charge on any atom is 0.272 e. The van der Waals surface area contributed by atoms with Crippen molar-refractivity contribution < 1.29 is 9.72 Å². The number of nitrogens with zero attached hydrogens (tertiary/aromatic N) is 4. The summed E-state index contributed by atoms with van der Waals surface area (Å²) in [4.78, 5) is 30.9. The molecule has 2 aromatic rings. The lowest BCUT2D eigenvalue weighted by molar-refractivity contribution is -0.385. The molecular formula is C17H20N4O3S. The van der Waals surface area contributed by atoms with Gasteiger partial charge in [0.15, 0.2) is 0 Å². The zero-order valence-corrected chi connectivity index (χ0v) is 15.1. The number of rotatable bonds is 4. The maximum absolute atomic E-state index is 11.4. The van der Waals surface area contributed by atoms with Crippen molar-refractivity contribution in [1.82, 2.24) is 14.8 Å². The lowest BCUT2D eigenvalue weighted by Crippen LogP contribution is -2.47. The Hall–Kier alpha value is -2.32. The minimum atomic E-state index is -0.360. The Morgan fingerprint density at radius 3 is 2.68 bits per heavy atom. The predicted molar refractivity (Wildman–Crippen MR) is 96.5 cm³/mol. The summed E-state index contributed by atoms with van der Waals surface area (Å²) in [5.74, 6) is 0.122. The molecule has 1 aromatic carbocycles. The Bertz CT molecular complexity index is 797. The second-order valence-corrected chi connectivity index (χ2v) is 7.11. The van der Waals surface area contributed by atoms with Crippen LogP contribution >= 0.6 is 11.3 Å². The zero-order chi connectivity index (χ0) is 18.0. The second kappa shape index (κ2) is 7.28. The Balaban J connectivity index is 1.68. The molecule has 0 atom stereocenters. The van der Waals surface area contributed by atoms with Gasteiger partial charge in [0, 0.05) is 55.7 Å². The van der Waals surface area contributed by atoms with Crippen LogP contribution < -0.4 is 0 Å². The van der Waals surface area contributed by atoms with E-state index < -0.39 is 0 Å². The van der Waals surface area contributed by atoms with Crippen LogP contribution in [-0.2, 0) is 11.3 Å². The third-order valence-electron chi connectivity index (χ3n) is 4.43. The molecule has 1 fully saturated rings. The van der Waals surface area contributed by atoms with Crippen molar-refractivity contribution in [3.8, 4) is 11.3 Å². The summed E-state index contributed by atoms with van der Waals surface area (Å²) < 4.78 is 0. The van der Waals surface area contributed by atoms with Crippen LogP contribution in [0.15, 0.2) is 23.6 Å². The number of nitro benzene ring substituents is 1. The van der Waals surface area contributed by atoms with E-state index in [-0.39, 0.29) is 16.5 Å². The number of amides is 1. The van der Waals surface area contributed by atoms with Gasteiger partial charge in [-0.2, -0.15) is 0 Å². The molecule has 0 radical (unpaired) electrons. The Kier molecular flexibility index (Phi) is 5.10. The Labute approximate surface area is 150 Å². The van der Waals surface area contributed by atoms with Crippen LogP contribution in [0.2, 0.25) is 0 Å². The van der Waals surface area contributed by atoms with Crippen molar-refractivity contribution in [1.29, 1.82) is 0 Å². The van der Waals surface area contributed by atoms with Crippen molar-refractivity contribution in [2.75, 3.05) is 26.2 Å². The lowest BCUT2D eigenvalue weighted by atomic mass is 10.1. The minimum Gasteiger partial charge on any atom is -0.340 e. The molecule has 1 aromatic heterocycles. The smallest absolute Gasteiger partial charge is 0.272 e. The van der Waals surface area contributed by atoms with Gasteiger partial charge in [-0.15, -0.1) is 11.3 Å². The highest BCUT2D eigenvalue weighted by molar-refractivity contribution is 7.09. The molecule has 1 aliphatic rings. The van der Waals surface area contributed by atoms with E-state index in [2.05, 4.69) is 9.88 Å². The highest BCUT2D eigenvalue weighted by Gasteiger charge is 2.20. The highest BCUT2D eigenvalue weighted by atomic mass is 32.1. The normalized spacial score (nSPS) is 15.4. The van der Waals surface area contributed by atoms with Crippen LogP contribution in [0.4, 0.5) is 5.69 Å². The third-order valence-corrected chi connectivity index (χ3v) is 5.26. The predicted octanol–water partition coefficient (Wildman–Crippen LogP) is 2.69. The lowest BCUT2D eigenvalue weighted by Gasteiger charge is -2.33. The summed E-state index contributed by atoms with van der Waals surface area (Å²) in [6, 6.07) is 5.21. The Morgan fingerprint density at radius 2 is 2.04 bits per heavy atom. The fourth-order valence-electron chi connectivity index (χ4n) is 2.89. The summed E-state index contributed by atoms with van der Waals surface area (Å²) in [5.41, 5.74) is 2.30. The number of hydrogen-bond donors (Lipinski definition) is 0. The SMILES string of the molecule is CC(=O)N1CCN(Cc2nc(-c3ccc(C)c([N+](=O)[O-])c3)cs2)CC1. The molecule has 7 nitrogen and oxygen atoms in total. The van der Waals surface area contributed by atoms with Crippen LogP contribution in [0, 0.1) is 17.0 Å². The molecule has 1 aliphatic heterocycles. The number of aromatic nitrogens is 1. The first kappa shape index (κ1) is 17.5. The summed E-state index contributed by atoms with van der Waals surface area (Å²) >= 11 is 1.56. The fourth-order valence-corrected chi connectivity index (χ4v) is 3.74. The molecule has 0 unspecified atom stereocenters. The van der Waals surface area contributed by atoms with Crippen LogP contribution in [0.25, 0.3) is 11.3 Å². The number of benzene rings is 1. The number of piperazine rings is 1.